The van der Waals surface area contributed by atoms with E-state index in [0.717, 1.165) is 24.2 Å². The van der Waals surface area contributed by atoms with Gasteiger partial charge in [-0.1, -0.05) is 49.9 Å². The Hall–Kier alpha value is -2.80. The van der Waals surface area contributed by atoms with Crippen LogP contribution in [0.5, 0.6) is 5.75 Å². The summed E-state index contributed by atoms with van der Waals surface area (Å²) in [5.41, 5.74) is 1.44. The fourth-order valence-electron chi connectivity index (χ4n) is 3.38. The minimum atomic E-state index is -0.487. The molecular formula is C23H27N3O3S. The number of hydrogen-bond donors (Lipinski definition) is 1. The molecule has 0 unspecified atom stereocenters. The SMILES string of the molecule is CCC(CC)N1C(=O)[C@H](CC(=O)Nc2ccccc2)SC1=Nc1cccc(OC)c1. The highest BCUT2D eigenvalue weighted by Gasteiger charge is 2.41. The van der Waals surface area contributed by atoms with Crippen LogP contribution in [0, 0.1) is 0 Å². The van der Waals surface area contributed by atoms with Gasteiger partial charge in [0.2, 0.25) is 11.8 Å². The first-order valence-electron chi connectivity index (χ1n) is 10.1. The van der Waals surface area contributed by atoms with Crippen molar-refractivity contribution in [2.24, 2.45) is 4.99 Å². The van der Waals surface area contributed by atoms with Crippen molar-refractivity contribution < 1.29 is 14.3 Å². The van der Waals surface area contributed by atoms with E-state index < -0.39 is 5.25 Å². The van der Waals surface area contributed by atoms with Crippen molar-refractivity contribution in [3.8, 4) is 5.75 Å². The number of anilines is 1. The molecule has 0 radical (unpaired) electrons. The Kier molecular flexibility index (Phi) is 7.52. The fourth-order valence-corrected chi connectivity index (χ4v) is 4.59. The molecule has 1 saturated heterocycles. The molecule has 0 aromatic heterocycles. The number of rotatable bonds is 8. The Morgan fingerprint density at radius 2 is 1.90 bits per heavy atom. The van der Waals surface area contributed by atoms with Gasteiger partial charge in [-0.15, -0.1) is 0 Å². The van der Waals surface area contributed by atoms with Gasteiger partial charge in [0.25, 0.3) is 0 Å². The molecule has 6 nitrogen and oxygen atoms in total. The van der Waals surface area contributed by atoms with Gasteiger partial charge < -0.3 is 10.1 Å². The van der Waals surface area contributed by atoms with E-state index in [1.807, 2.05) is 54.6 Å². The second-order valence-corrected chi connectivity index (χ2v) is 8.17. The Labute approximate surface area is 181 Å². The molecule has 0 aliphatic carbocycles. The Morgan fingerprint density at radius 3 is 2.57 bits per heavy atom. The molecule has 0 spiro atoms. The minimum absolute atomic E-state index is 0.0524. The van der Waals surface area contributed by atoms with Crippen LogP contribution in [0.15, 0.2) is 59.6 Å². The Balaban J connectivity index is 1.81. The number of nitrogens with zero attached hydrogens (tertiary/aromatic N) is 2. The van der Waals surface area contributed by atoms with E-state index in [-0.39, 0.29) is 24.3 Å². The third kappa shape index (κ3) is 5.21. The van der Waals surface area contributed by atoms with Gasteiger partial charge in [-0.25, -0.2) is 4.99 Å². The molecule has 0 bridgehead atoms. The van der Waals surface area contributed by atoms with Gasteiger partial charge >= 0.3 is 0 Å². The number of hydrogen-bond acceptors (Lipinski definition) is 5. The van der Waals surface area contributed by atoms with Crippen molar-refractivity contribution in [2.45, 2.75) is 44.4 Å². The molecule has 2 aromatic carbocycles. The van der Waals surface area contributed by atoms with Crippen molar-refractivity contribution in [1.82, 2.24) is 4.90 Å². The smallest absolute Gasteiger partial charge is 0.242 e. The lowest BCUT2D eigenvalue weighted by Crippen LogP contribution is -2.41. The first-order chi connectivity index (χ1) is 14.5. The Bertz CT molecular complexity index is 913. The molecule has 0 saturated carbocycles. The molecule has 1 fully saturated rings. The summed E-state index contributed by atoms with van der Waals surface area (Å²) in [6, 6.07) is 16.7. The number of aliphatic imine (C=N–C) groups is 1. The maximum Gasteiger partial charge on any atom is 0.242 e. The summed E-state index contributed by atoms with van der Waals surface area (Å²) in [7, 11) is 1.61. The van der Waals surface area contributed by atoms with E-state index in [4.69, 9.17) is 9.73 Å². The number of benzene rings is 2. The first-order valence-corrected chi connectivity index (χ1v) is 11.0. The number of carbonyl (C=O) groups is 2. The topological polar surface area (TPSA) is 71.0 Å². The molecule has 1 atom stereocenters. The highest BCUT2D eigenvalue weighted by molar-refractivity contribution is 8.15. The number of nitrogens with one attached hydrogen (secondary N) is 1. The molecule has 1 aliphatic heterocycles. The van der Waals surface area contributed by atoms with Crippen molar-refractivity contribution >= 4 is 40.1 Å². The molecule has 30 heavy (non-hydrogen) atoms. The number of carbonyl (C=O) groups excluding carboxylic acids is 2. The summed E-state index contributed by atoms with van der Waals surface area (Å²) >= 11 is 1.36. The average molecular weight is 426 g/mol. The number of methoxy groups -OCH3 is 1. The third-order valence-corrected chi connectivity index (χ3v) is 6.13. The second kappa shape index (κ2) is 10.3. The number of amidine groups is 1. The molecule has 2 amide bonds. The maximum absolute atomic E-state index is 13.2. The molecule has 7 heteroatoms. The molecule has 1 N–H and O–H groups in total. The van der Waals surface area contributed by atoms with Gasteiger partial charge in [-0.05, 0) is 37.1 Å². The monoisotopic (exact) mass is 425 g/mol. The Morgan fingerprint density at radius 1 is 1.17 bits per heavy atom. The molecule has 3 rings (SSSR count). The molecule has 1 aliphatic rings. The maximum atomic E-state index is 13.2. The van der Waals surface area contributed by atoms with E-state index in [1.165, 1.54) is 11.8 Å². The van der Waals surface area contributed by atoms with Crippen LogP contribution in [0.25, 0.3) is 0 Å². The molecular weight excluding hydrogens is 398 g/mol. The highest BCUT2D eigenvalue weighted by Crippen LogP contribution is 2.35. The number of thioether (sulfide) groups is 1. The lowest BCUT2D eigenvalue weighted by Gasteiger charge is -2.25. The summed E-state index contributed by atoms with van der Waals surface area (Å²) in [6.45, 7) is 4.12. The van der Waals surface area contributed by atoms with Crippen LogP contribution in [0.3, 0.4) is 0 Å². The number of amides is 2. The van der Waals surface area contributed by atoms with Gasteiger partial charge in [0.05, 0.1) is 12.8 Å². The zero-order valence-electron chi connectivity index (χ0n) is 17.5. The summed E-state index contributed by atoms with van der Waals surface area (Å²) in [5, 5.41) is 3.01. The zero-order valence-corrected chi connectivity index (χ0v) is 18.3. The predicted octanol–water partition coefficient (Wildman–Crippen LogP) is 4.84. The standard InChI is InChI=1S/C23H27N3O3S/c1-4-18(5-2)26-22(28)20(15-21(27)24-16-10-7-6-8-11-16)30-23(26)25-17-12-9-13-19(14-17)29-3/h6-14,18,20H,4-5,15H2,1-3H3,(H,24,27)/t20-/m0/s1. The molecule has 2 aromatic rings. The summed E-state index contributed by atoms with van der Waals surface area (Å²) in [4.78, 5) is 32.2. The first kappa shape index (κ1) is 21.9. The summed E-state index contributed by atoms with van der Waals surface area (Å²) in [6.07, 6.45) is 1.75. The quantitative estimate of drug-likeness (QED) is 0.657. The van der Waals surface area contributed by atoms with Gasteiger partial charge in [-0.2, -0.15) is 0 Å². The highest BCUT2D eigenvalue weighted by atomic mass is 32.2. The van der Waals surface area contributed by atoms with Gasteiger partial charge in [0, 0.05) is 24.2 Å². The largest absolute Gasteiger partial charge is 0.497 e. The zero-order chi connectivity index (χ0) is 21.5. The van der Waals surface area contributed by atoms with Crippen LogP contribution in [-0.4, -0.2) is 40.3 Å². The van der Waals surface area contributed by atoms with Crippen molar-refractivity contribution in [3.05, 3.63) is 54.6 Å². The van der Waals surface area contributed by atoms with E-state index in [1.54, 1.807) is 12.0 Å². The van der Waals surface area contributed by atoms with Crippen LogP contribution < -0.4 is 10.1 Å². The number of para-hydroxylation sites is 1. The van der Waals surface area contributed by atoms with Crippen LogP contribution in [0.1, 0.15) is 33.1 Å². The number of ether oxygens (including phenoxy) is 1. The van der Waals surface area contributed by atoms with E-state index in [0.29, 0.717) is 10.9 Å². The summed E-state index contributed by atoms with van der Waals surface area (Å²) < 4.78 is 5.28. The second-order valence-electron chi connectivity index (χ2n) is 7.00. The lowest BCUT2D eigenvalue weighted by molar-refractivity contribution is -0.129. The van der Waals surface area contributed by atoms with Crippen molar-refractivity contribution in [2.75, 3.05) is 12.4 Å². The van der Waals surface area contributed by atoms with Crippen molar-refractivity contribution in [3.63, 3.8) is 0 Å². The van der Waals surface area contributed by atoms with Crippen LogP contribution in [0.2, 0.25) is 0 Å². The van der Waals surface area contributed by atoms with Crippen molar-refractivity contribution in [1.29, 1.82) is 0 Å². The average Bonchev–Trinajstić information content (AvgIpc) is 3.05. The van der Waals surface area contributed by atoms with Gasteiger partial charge in [0.15, 0.2) is 5.17 Å². The third-order valence-electron chi connectivity index (χ3n) is 4.98. The normalized spacial score (nSPS) is 17.6. The molecule has 158 valence electrons. The van der Waals surface area contributed by atoms with E-state index in [9.17, 15) is 9.59 Å². The molecule has 1 heterocycles. The van der Waals surface area contributed by atoms with E-state index >= 15 is 0 Å². The predicted molar refractivity (Wildman–Crippen MR) is 122 cm³/mol. The van der Waals surface area contributed by atoms with Crippen LogP contribution in [0.4, 0.5) is 11.4 Å². The minimum Gasteiger partial charge on any atom is -0.497 e. The van der Waals surface area contributed by atoms with Crippen LogP contribution >= 0.6 is 11.8 Å². The van der Waals surface area contributed by atoms with Crippen LogP contribution in [-0.2, 0) is 9.59 Å². The van der Waals surface area contributed by atoms with E-state index in [2.05, 4.69) is 19.2 Å². The van der Waals surface area contributed by atoms with Gasteiger partial charge in [0.1, 0.15) is 11.0 Å². The van der Waals surface area contributed by atoms with Gasteiger partial charge in [-0.3, -0.25) is 14.5 Å². The summed E-state index contributed by atoms with van der Waals surface area (Å²) in [5.74, 6) is 0.469. The lowest BCUT2D eigenvalue weighted by atomic mass is 10.1. The fraction of sp³-hybridized carbons (Fsp3) is 0.348.